The first kappa shape index (κ1) is 15.3. The smallest absolute Gasteiger partial charge is 0.228 e. The molecule has 2 fully saturated rings. The van der Waals surface area contributed by atoms with Gasteiger partial charge in [0.1, 0.15) is 11.9 Å². The maximum Gasteiger partial charge on any atom is 0.228 e. The molecule has 1 saturated carbocycles. The summed E-state index contributed by atoms with van der Waals surface area (Å²) in [5.41, 5.74) is 0.786. The fourth-order valence-electron chi connectivity index (χ4n) is 3.13. The fraction of sp³-hybridized carbons (Fsp3) is 0.588. The average Bonchev–Trinajstić information content (AvgIpc) is 3.06. The Hall–Kier alpha value is -1.59. The fourth-order valence-corrected chi connectivity index (χ4v) is 3.13. The van der Waals surface area contributed by atoms with Gasteiger partial charge in [0.25, 0.3) is 0 Å². The van der Waals surface area contributed by atoms with E-state index in [1.807, 2.05) is 24.3 Å². The largest absolute Gasteiger partial charge is 0.488 e. The summed E-state index contributed by atoms with van der Waals surface area (Å²) < 4.78 is 5.85. The molecule has 5 heteroatoms. The minimum atomic E-state index is -0.372. The second-order valence-electron chi connectivity index (χ2n) is 6.21. The number of carbonyl (C=O) groups excluding carboxylic acids is 1. The second kappa shape index (κ2) is 7.11. The van der Waals surface area contributed by atoms with Crippen LogP contribution in [0.2, 0.25) is 0 Å². The molecule has 1 heterocycles. The number of benzene rings is 1. The van der Waals surface area contributed by atoms with E-state index >= 15 is 0 Å². The third-order valence-electron chi connectivity index (χ3n) is 4.51. The molecule has 1 saturated heterocycles. The lowest BCUT2D eigenvalue weighted by Gasteiger charge is -2.28. The van der Waals surface area contributed by atoms with Crippen LogP contribution in [0.3, 0.4) is 0 Å². The van der Waals surface area contributed by atoms with Crippen LogP contribution < -0.4 is 15.4 Å². The summed E-state index contributed by atoms with van der Waals surface area (Å²) in [6, 6.07) is 7.41. The molecule has 1 amide bonds. The highest BCUT2D eigenvalue weighted by atomic mass is 16.5. The first-order valence-electron chi connectivity index (χ1n) is 8.19. The molecule has 1 aromatic rings. The van der Waals surface area contributed by atoms with E-state index in [0.29, 0.717) is 0 Å². The zero-order chi connectivity index (χ0) is 15.4. The Labute approximate surface area is 131 Å². The Bertz CT molecular complexity index is 497. The van der Waals surface area contributed by atoms with Crippen LogP contribution in [0.5, 0.6) is 5.75 Å². The zero-order valence-electron chi connectivity index (χ0n) is 12.8. The van der Waals surface area contributed by atoms with Gasteiger partial charge in [0.15, 0.2) is 0 Å². The van der Waals surface area contributed by atoms with E-state index in [-0.39, 0.29) is 24.0 Å². The molecular formula is C17H24N2O3. The van der Waals surface area contributed by atoms with Gasteiger partial charge >= 0.3 is 0 Å². The van der Waals surface area contributed by atoms with Crippen LogP contribution in [0.15, 0.2) is 24.3 Å². The van der Waals surface area contributed by atoms with Crippen molar-refractivity contribution in [1.29, 1.82) is 0 Å². The number of nitrogens with one attached hydrogen (secondary N) is 2. The quantitative estimate of drug-likeness (QED) is 0.795. The SMILES string of the molecule is O=C(Nc1ccc(OC2CCCCC2O)cc1)[C@H]1CCNC1. The molecule has 5 nitrogen and oxygen atoms in total. The van der Waals surface area contributed by atoms with Crippen LogP contribution >= 0.6 is 0 Å². The Morgan fingerprint density at radius 3 is 2.64 bits per heavy atom. The number of anilines is 1. The summed E-state index contributed by atoms with van der Waals surface area (Å²) in [5, 5.41) is 16.1. The molecule has 120 valence electrons. The highest BCUT2D eigenvalue weighted by molar-refractivity contribution is 5.92. The first-order valence-corrected chi connectivity index (χ1v) is 8.19. The minimum Gasteiger partial charge on any atom is -0.488 e. The Morgan fingerprint density at radius 1 is 1.18 bits per heavy atom. The van der Waals surface area contributed by atoms with Gasteiger partial charge in [0.05, 0.1) is 12.0 Å². The lowest BCUT2D eigenvalue weighted by atomic mass is 9.95. The molecule has 0 aromatic heterocycles. The highest BCUT2D eigenvalue weighted by Crippen LogP contribution is 2.25. The number of carbonyl (C=O) groups is 1. The summed E-state index contributed by atoms with van der Waals surface area (Å²) in [6.45, 7) is 1.67. The summed E-state index contributed by atoms with van der Waals surface area (Å²) in [5.74, 6) is 0.876. The van der Waals surface area contributed by atoms with E-state index in [2.05, 4.69) is 10.6 Å². The first-order chi connectivity index (χ1) is 10.7. The summed E-state index contributed by atoms with van der Waals surface area (Å²) in [6.07, 6.45) is 4.30. The molecule has 3 N–H and O–H groups in total. The third kappa shape index (κ3) is 3.78. The van der Waals surface area contributed by atoms with Crippen LogP contribution in [-0.2, 0) is 4.79 Å². The van der Waals surface area contributed by atoms with Gasteiger partial charge in [-0.15, -0.1) is 0 Å². The predicted octanol–water partition coefficient (Wildman–Crippen LogP) is 1.92. The molecule has 1 aliphatic heterocycles. The number of aliphatic hydroxyl groups is 1. The molecule has 0 bridgehead atoms. The van der Waals surface area contributed by atoms with Crippen molar-refractivity contribution >= 4 is 11.6 Å². The number of hydrogen-bond donors (Lipinski definition) is 3. The van der Waals surface area contributed by atoms with E-state index in [0.717, 1.165) is 56.6 Å². The van der Waals surface area contributed by atoms with E-state index in [1.165, 1.54) is 0 Å². The average molecular weight is 304 g/mol. The maximum atomic E-state index is 12.0. The highest BCUT2D eigenvalue weighted by Gasteiger charge is 2.25. The van der Waals surface area contributed by atoms with Gasteiger partial charge in [-0.25, -0.2) is 0 Å². The van der Waals surface area contributed by atoms with Crippen molar-refractivity contribution < 1.29 is 14.6 Å². The summed E-state index contributed by atoms with van der Waals surface area (Å²) in [4.78, 5) is 12.0. The van der Waals surface area contributed by atoms with Gasteiger partial charge in [-0.3, -0.25) is 4.79 Å². The van der Waals surface area contributed by atoms with Gasteiger partial charge in [-0.05, 0) is 56.5 Å². The lowest BCUT2D eigenvalue weighted by molar-refractivity contribution is -0.119. The van der Waals surface area contributed by atoms with Crippen LogP contribution in [0, 0.1) is 5.92 Å². The van der Waals surface area contributed by atoms with E-state index in [9.17, 15) is 9.90 Å². The molecule has 2 unspecified atom stereocenters. The number of amides is 1. The van der Waals surface area contributed by atoms with Crippen molar-refractivity contribution in [2.75, 3.05) is 18.4 Å². The molecular weight excluding hydrogens is 280 g/mol. The summed E-state index contributed by atoms with van der Waals surface area (Å²) in [7, 11) is 0. The molecule has 3 atom stereocenters. The van der Waals surface area contributed by atoms with Gasteiger partial charge in [0.2, 0.25) is 5.91 Å². The van der Waals surface area contributed by atoms with Crippen molar-refractivity contribution in [2.24, 2.45) is 5.92 Å². The van der Waals surface area contributed by atoms with Crippen LogP contribution in [-0.4, -0.2) is 36.3 Å². The van der Waals surface area contributed by atoms with Crippen LogP contribution in [0.4, 0.5) is 5.69 Å². The molecule has 2 aliphatic rings. The van der Waals surface area contributed by atoms with E-state index in [1.54, 1.807) is 0 Å². The van der Waals surface area contributed by atoms with Crippen LogP contribution in [0.1, 0.15) is 32.1 Å². The molecule has 3 rings (SSSR count). The lowest BCUT2D eigenvalue weighted by Crippen LogP contribution is -2.34. The number of ether oxygens (including phenoxy) is 1. The van der Waals surface area contributed by atoms with Crippen molar-refractivity contribution in [2.45, 2.75) is 44.3 Å². The predicted molar refractivity (Wildman–Crippen MR) is 84.9 cm³/mol. The number of aliphatic hydroxyl groups excluding tert-OH is 1. The van der Waals surface area contributed by atoms with Gasteiger partial charge in [0, 0.05) is 12.2 Å². The maximum absolute atomic E-state index is 12.0. The molecule has 0 spiro atoms. The van der Waals surface area contributed by atoms with Gasteiger partial charge < -0.3 is 20.5 Å². The molecule has 1 aliphatic carbocycles. The number of rotatable bonds is 4. The van der Waals surface area contributed by atoms with Crippen molar-refractivity contribution in [1.82, 2.24) is 5.32 Å². The van der Waals surface area contributed by atoms with Crippen LogP contribution in [0.25, 0.3) is 0 Å². The molecule has 0 radical (unpaired) electrons. The Balaban J connectivity index is 1.54. The van der Waals surface area contributed by atoms with E-state index < -0.39 is 0 Å². The van der Waals surface area contributed by atoms with Crippen molar-refractivity contribution in [3.63, 3.8) is 0 Å². The van der Waals surface area contributed by atoms with Gasteiger partial charge in [-0.2, -0.15) is 0 Å². The van der Waals surface area contributed by atoms with Crippen molar-refractivity contribution in [3.8, 4) is 5.75 Å². The monoisotopic (exact) mass is 304 g/mol. The zero-order valence-corrected chi connectivity index (χ0v) is 12.8. The topological polar surface area (TPSA) is 70.6 Å². The number of hydrogen-bond acceptors (Lipinski definition) is 4. The Kier molecular flexibility index (Phi) is 4.95. The third-order valence-corrected chi connectivity index (χ3v) is 4.51. The Morgan fingerprint density at radius 2 is 1.95 bits per heavy atom. The normalized spacial score (nSPS) is 28.3. The van der Waals surface area contributed by atoms with E-state index in [4.69, 9.17) is 4.74 Å². The van der Waals surface area contributed by atoms with Gasteiger partial charge in [-0.1, -0.05) is 6.42 Å². The van der Waals surface area contributed by atoms with Crippen molar-refractivity contribution in [3.05, 3.63) is 24.3 Å². The summed E-state index contributed by atoms with van der Waals surface area (Å²) >= 11 is 0. The standard InChI is InChI=1S/C17H24N2O3/c20-15-3-1-2-4-16(15)22-14-7-5-13(6-8-14)19-17(21)12-9-10-18-11-12/h5-8,12,15-16,18,20H,1-4,9-11H2,(H,19,21)/t12-,15?,16?/m0/s1. The molecule has 1 aromatic carbocycles. The second-order valence-corrected chi connectivity index (χ2v) is 6.21. The minimum absolute atomic E-state index is 0.0633. The molecule has 22 heavy (non-hydrogen) atoms.